The van der Waals surface area contributed by atoms with Crippen molar-refractivity contribution in [3.8, 4) is 22.9 Å². The van der Waals surface area contributed by atoms with Crippen molar-refractivity contribution < 1.29 is 32.2 Å². The second-order valence-electron chi connectivity index (χ2n) is 6.47. The summed E-state index contributed by atoms with van der Waals surface area (Å²) in [5.74, 6) is 0.190. The molecule has 9 nitrogen and oxygen atoms in total. The molecule has 3 N–H and O–H groups in total. The number of hydrogen-bond donors (Lipinski definition) is 2. The number of aromatic nitrogens is 3. The minimum Gasteiger partial charge on any atom is -0.493 e. The van der Waals surface area contributed by atoms with Crippen molar-refractivity contribution in [2.24, 2.45) is 0 Å². The zero-order chi connectivity index (χ0) is 23.3. The lowest BCUT2D eigenvalue weighted by molar-refractivity contribution is -0.274. The summed E-state index contributed by atoms with van der Waals surface area (Å²) < 4.78 is 52.2. The molecule has 0 bridgehead atoms. The van der Waals surface area contributed by atoms with E-state index in [1.54, 1.807) is 13.2 Å². The van der Waals surface area contributed by atoms with E-state index >= 15 is 0 Å². The number of carbonyl (C=O) groups excluding carboxylic acids is 1. The average Bonchev–Trinajstić information content (AvgIpc) is 3.14. The topological polar surface area (TPSA) is 114 Å². The predicted molar refractivity (Wildman–Crippen MR) is 108 cm³/mol. The Morgan fingerprint density at radius 3 is 2.41 bits per heavy atom. The first-order valence-corrected chi connectivity index (χ1v) is 9.28. The average molecular weight is 451 g/mol. The molecule has 3 aromatic rings. The van der Waals surface area contributed by atoms with Gasteiger partial charge in [-0.25, -0.2) is 0 Å². The van der Waals surface area contributed by atoms with E-state index in [-0.39, 0.29) is 11.5 Å². The van der Waals surface area contributed by atoms with Crippen LogP contribution >= 0.6 is 0 Å². The number of benzene rings is 2. The van der Waals surface area contributed by atoms with E-state index < -0.39 is 18.0 Å². The maximum absolute atomic E-state index is 12.4. The molecule has 32 heavy (non-hydrogen) atoms. The van der Waals surface area contributed by atoms with Gasteiger partial charge in [0.05, 0.1) is 19.9 Å². The molecule has 0 fully saturated rings. The number of halogens is 3. The number of hydrogen-bond acceptors (Lipinski definition) is 7. The Labute approximate surface area is 180 Å². The molecule has 0 radical (unpaired) electrons. The molecule has 1 aromatic heterocycles. The van der Waals surface area contributed by atoms with Crippen LogP contribution in [0.4, 0.5) is 19.0 Å². The molecule has 0 unspecified atom stereocenters. The molecular formula is C20H20F3N5O4. The van der Waals surface area contributed by atoms with Crippen molar-refractivity contribution in [3.63, 3.8) is 0 Å². The maximum Gasteiger partial charge on any atom is 0.573 e. The van der Waals surface area contributed by atoms with E-state index in [1.165, 1.54) is 19.2 Å². The van der Waals surface area contributed by atoms with Gasteiger partial charge in [0.25, 0.3) is 5.91 Å². The quantitative estimate of drug-likeness (QED) is 0.541. The van der Waals surface area contributed by atoms with Gasteiger partial charge >= 0.3 is 6.36 Å². The minimum atomic E-state index is -4.80. The third-order valence-electron chi connectivity index (χ3n) is 4.38. The predicted octanol–water partition coefficient (Wildman–Crippen LogP) is 2.74. The van der Waals surface area contributed by atoms with Gasteiger partial charge in [-0.05, 0) is 48.4 Å². The van der Waals surface area contributed by atoms with Crippen LogP contribution in [0.3, 0.4) is 0 Å². The van der Waals surface area contributed by atoms with Gasteiger partial charge < -0.3 is 25.3 Å². The molecular weight excluding hydrogens is 431 g/mol. The van der Waals surface area contributed by atoms with Crippen LogP contribution in [0, 0.1) is 0 Å². The number of nitrogens with one attached hydrogen (secondary N) is 1. The Morgan fingerprint density at radius 1 is 1.09 bits per heavy atom. The van der Waals surface area contributed by atoms with Crippen LogP contribution in [-0.2, 0) is 6.42 Å². The first-order valence-electron chi connectivity index (χ1n) is 9.28. The summed E-state index contributed by atoms with van der Waals surface area (Å²) in [7, 11) is 3.08. The van der Waals surface area contributed by atoms with Gasteiger partial charge in [-0.3, -0.25) is 4.79 Å². The summed E-state index contributed by atoms with van der Waals surface area (Å²) in [6, 6.07) is 10.3. The molecule has 0 saturated carbocycles. The van der Waals surface area contributed by atoms with Gasteiger partial charge in [0.2, 0.25) is 0 Å². The fraction of sp³-hybridized carbons (Fsp3) is 0.250. The molecule has 3 rings (SSSR count). The molecule has 0 aliphatic carbocycles. The zero-order valence-corrected chi connectivity index (χ0v) is 17.1. The van der Waals surface area contributed by atoms with Crippen LogP contribution in [-0.4, -0.2) is 48.0 Å². The summed E-state index contributed by atoms with van der Waals surface area (Å²) >= 11 is 0. The zero-order valence-electron chi connectivity index (χ0n) is 17.1. The van der Waals surface area contributed by atoms with Crippen molar-refractivity contribution in [3.05, 3.63) is 53.7 Å². The fourth-order valence-corrected chi connectivity index (χ4v) is 2.87. The van der Waals surface area contributed by atoms with Gasteiger partial charge in [-0.1, -0.05) is 11.3 Å². The second-order valence-corrected chi connectivity index (χ2v) is 6.47. The number of nitrogens with two attached hydrogens (primary N) is 1. The third kappa shape index (κ3) is 5.39. The lowest BCUT2D eigenvalue weighted by Crippen LogP contribution is -2.27. The van der Waals surface area contributed by atoms with Crippen LogP contribution in [0.15, 0.2) is 42.5 Å². The molecule has 0 aliphatic heterocycles. The van der Waals surface area contributed by atoms with E-state index in [9.17, 15) is 18.0 Å². The summed E-state index contributed by atoms with van der Waals surface area (Å²) in [4.78, 5) is 12.4. The standard InChI is InChI=1S/C20H20F3N5O4/c1-30-15-8-3-12(11-16(15)31-2)9-10-25-19(29)17-18(24)28(27-26-17)13-4-6-14(7-5-13)32-20(21,22)23/h3-8,11H,9-10,24H2,1-2H3,(H,25,29). The summed E-state index contributed by atoms with van der Waals surface area (Å²) in [6.07, 6.45) is -4.28. The van der Waals surface area contributed by atoms with E-state index in [1.807, 2.05) is 12.1 Å². The number of nitrogen functional groups attached to an aromatic ring is 1. The van der Waals surface area contributed by atoms with Crippen molar-refractivity contribution >= 4 is 11.7 Å². The van der Waals surface area contributed by atoms with E-state index in [2.05, 4.69) is 20.4 Å². The highest BCUT2D eigenvalue weighted by Crippen LogP contribution is 2.28. The summed E-state index contributed by atoms with van der Waals surface area (Å²) in [6.45, 7) is 0.296. The molecule has 170 valence electrons. The molecule has 0 atom stereocenters. The van der Waals surface area contributed by atoms with Gasteiger partial charge in [0.15, 0.2) is 23.0 Å². The number of anilines is 1. The van der Waals surface area contributed by atoms with E-state index in [0.717, 1.165) is 22.4 Å². The van der Waals surface area contributed by atoms with E-state index in [0.29, 0.717) is 30.2 Å². The van der Waals surface area contributed by atoms with Crippen molar-refractivity contribution in [1.82, 2.24) is 20.3 Å². The number of rotatable bonds is 8. The SMILES string of the molecule is COc1ccc(CCNC(=O)c2nnn(-c3ccc(OC(F)(F)F)cc3)c2N)cc1OC. The van der Waals surface area contributed by atoms with Crippen LogP contribution in [0.1, 0.15) is 16.1 Å². The Kier molecular flexibility index (Phi) is 6.71. The Hall–Kier alpha value is -3.96. The smallest absolute Gasteiger partial charge is 0.493 e. The molecule has 12 heteroatoms. The highest BCUT2D eigenvalue weighted by Gasteiger charge is 2.31. The van der Waals surface area contributed by atoms with Crippen LogP contribution in [0.2, 0.25) is 0 Å². The van der Waals surface area contributed by atoms with Crippen LogP contribution in [0.25, 0.3) is 5.69 Å². The number of methoxy groups -OCH3 is 2. The van der Waals surface area contributed by atoms with E-state index in [4.69, 9.17) is 15.2 Å². The van der Waals surface area contributed by atoms with Crippen molar-refractivity contribution in [2.75, 3.05) is 26.5 Å². The van der Waals surface area contributed by atoms with Gasteiger partial charge in [0, 0.05) is 6.54 Å². The fourth-order valence-electron chi connectivity index (χ4n) is 2.87. The molecule has 0 saturated heterocycles. The van der Waals surface area contributed by atoms with Gasteiger partial charge in [-0.2, -0.15) is 4.68 Å². The molecule has 0 spiro atoms. The number of nitrogens with zero attached hydrogens (tertiary/aromatic N) is 3. The largest absolute Gasteiger partial charge is 0.573 e. The van der Waals surface area contributed by atoms with Gasteiger partial charge in [-0.15, -0.1) is 18.3 Å². The third-order valence-corrected chi connectivity index (χ3v) is 4.38. The van der Waals surface area contributed by atoms with Crippen LogP contribution in [0.5, 0.6) is 17.2 Å². The van der Waals surface area contributed by atoms with Crippen molar-refractivity contribution in [1.29, 1.82) is 0 Å². The summed E-state index contributed by atoms with van der Waals surface area (Å²) in [5.41, 5.74) is 7.09. The highest BCUT2D eigenvalue weighted by molar-refractivity contribution is 5.96. The first kappa shape index (κ1) is 22.7. The van der Waals surface area contributed by atoms with Crippen molar-refractivity contribution in [2.45, 2.75) is 12.8 Å². The summed E-state index contributed by atoms with van der Waals surface area (Å²) in [5, 5.41) is 10.3. The number of ether oxygens (including phenoxy) is 3. The molecule has 2 aromatic carbocycles. The maximum atomic E-state index is 12.4. The Bertz CT molecular complexity index is 1080. The number of carbonyl (C=O) groups is 1. The lowest BCUT2D eigenvalue weighted by atomic mass is 10.1. The molecule has 0 aliphatic rings. The highest BCUT2D eigenvalue weighted by atomic mass is 19.4. The Morgan fingerprint density at radius 2 is 1.78 bits per heavy atom. The minimum absolute atomic E-state index is 0.0573. The van der Waals surface area contributed by atoms with Gasteiger partial charge in [0.1, 0.15) is 5.75 Å². The molecule has 1 heterocycles. The Balaban J connectivity index is 1.63. The van der Waals surface area contributed by atoms with Crippen LogP contribution < -0.4 is 25.3 Å². The normalized spacial score (nSPS) is 11.2. The number of alkyl halides is 3. The first-order chi connectivity index (χ1) is 15.2. The second kappa shape index (κ2) is 9.45. The molecule has 1 amide bonds. The number of amides is 1. The monoisotopic (exact) mass is 451 g/mol. The lowest BCUT2D eigenvalue weighted by Gasteiger charge is -2.10.